The zero-order chi connectivity index (χ0) is 12.3. The van der Waals surface area contributed by atoms with Gasteiger partial charge in [0.05, 0.1) is 28.1 Å². The molecule has 0 bridgehead atoms. The van der Waals surface area contributed by atoms with Gasteiger partial charge < -0.3 is 15.4 Å². The van der Waals surface area contributed by atoms with Crippen LogP contribution in [0.4, 0.5) is 11.4 Å². The molecule has 2 heterocycles. The van der Waals surface area contributed by atoms with Crippen LogP contribution in [0.15, 0.2) is 16.9 Å². The Kier molecular flexibility index (Phi) is 4.23. The van der Waals surface area contributed by atoms with Crippen LogP contribution in [0.1, 0.15) is 19.3 Å². The first-order valence-corrected chi connectivity index (χ1v) is 6.69. The van der Waals surface area contributed by atoms with Crippen molar-refractivity contribution in [3.05, 3.63) is 16.9 Å². The third-order valence-electron chi connectivity index (χ3n) is 3.03. The van der Waals surface area contributed by atoms with Crippen LogP contribution >= 0.6 is 15.9 Å². The molecule has 0 amide bonds. The van der Waals surface area contributed by atoms with Gasteiger partial charge in [-0.2, -0.15) is 0 Å². The summed E-state index contributed by atoms with van der Waals surface area (Å²) in [5.41, 5.74) is 7.64. The number of hydrogen-bond donors (Lipinski definition) is 1. The standard InChI is InChI=1S/C12H18BrN3O/c1-16(8-9-4-2-3-5-17-9)12-10(13)6-15-7-11(12)14/h6-7,9H,2-5,8,14H2,1H3. The summed E-state index contributed by atoms with van der Waals surface area (Å²) in [7, 11) is 2.04. The van der Waals surface area contributed by atoms with Crippen LogP contribution in [0.2, 0.25) is 0 Å². The van der Waals surface area contributed by atoms with Gasteiger partial charge in [-0.05, 0) is 35.2 Å². The number of ether oxygens (including phenoxy) is 1. The molecule has 0 aliphatic carbocycles. The van der Waals surface area contributed by atoms with Crippen molar-refractivity contribution >= 4 is 27.3 Å². The average Bonchev–Trinajstić information content (AvgIpc) is 2.30. The van der Waals surface area contributed by atoms with Crippen molar-refractivity contribution in [1.82, 2.24) is 4.98 Å². The van der Waals surface area contributed by atoms with Crippen molar-refractivity contribution in [2.45, 2.75) is 25.4 Å². The zero-order valence-corrected chi connectivity index (χ0v) is 11.6. The summed E-state index contributed by atoms with van der Waals surface area (Å²) in [6.45, 7) is 1.75. The Morgan fingerprint density at radius 2 is 2.35 bits per heavy atom. The molecule has 2 rings (SSSR count). The fraction of sp³-hybridized carbons (Fsp3) is 0.583. The Bertz CT molecular complexity index is 360. The van der Waals surface area contributed by atoms with E-state index in [0.29, 0.717) is 11.8 Å². The van der Waals surface area contributed by atoms with Crippen molar-refractivity contribution in [2.24, 2.45) is 0 Å². The molecule has 1 aliphatic rings. The number of nitrogen functional groups attached to an aromatic ring is 1. The number of aromatic nitrogens is 1. The zero-order valence-electron chi connectivity index (χ0n) is 10.0. The van der Waals surface area contributed by atoms with Gasteiger partial charge in [-0.3, -0.25) is 4.98 Å². The lowest BCUT2D eigenvalue weighted by atomic mass is 10.1. The largest absolute Gasteiger partial charge is 0.396 e. The molecule has 0 aromatic carbocycles. The molecule has 5 heteroatoms. The molecule has 94 valence electrons. The SMILES string of the molecule is CN(CC1CCCCO1)c1c(N)cncc1Br. The molecule has 4 nitrogen and oxygen atoms in total. The Balaban J connectivity index is 2.05. The van der Waals surface area contributed by atoms with E-state index in [1.807, 2.05) is 7.05 Å². The van der Waals surface area contributed by atoms with Gasteiger partial charge >= 0.3 is 0 Å². The summed E-state index contributed by atoms with van der Waals surface area (Å²) in [5, 5.41) is 0. The molecule has 1 unspecified atom stereocenters. The van der Waals surface area contributed by atoms with Gasteiger partial charge in [0, 0.05) is 26.4 Å². The van der Waals surface area contributed by atoms with Crippen molar-refractivity contribution in [3.8, 4) is 0 Å². The van der Waals surface area contributed by atoms with Gasteiger partial charge in [0.15, 0.2) is 0 Å². The number of rotatable bonds is 3. The highest BCUT2D eigenvalue weighted by Gasteiger charge is 2.18. The van der Waals surface area contributed by atoms with E-state index in [1.54, 1.807) is 12.4 Å². The molecule has 1 saturated heterocycles. The van der Waals surface area contributed by atoms with Gasteiger partial charge in [0.1, 0.15) is 0 Å². The Morgan fingerprint density at radius 1 is 1.53 bits per heavy atom. The van der Waals surface area contributed by atoms with Crippen LogP contribution in [-0.4, -0.2) is 31.3 Å². The summed E-state index contributed by atoms with van der Waals surface area (Å²) >= 11 is 3.49. The minimum Gasteiger partial charge on any atom is -0.396 e. The normalized spacial score (nSPS) is 20.2. The van der Waals surface area contributed by atoms with Gasteiger partial charge in [0.25, 0.3) is 0 Å². The number of pyridine rings is 1. The molecule has 0 radical (unpaired) electrons. The summed E-state index contributed by atoms with van der Waals surface area (Å²) < 4.78 is 6.66. The van der Waals surface area contributed by atoms with Crippen LogP contribution in [0.3, 0.4) is 0 Å². The van der Waals surface area contributed by atoms with Crippen molar-refractivity contribution in [1.29, 1.82) is 0 Å². The lowest BCUT2D eigenvalue weighted by Crippen LogP contribution is -2.33. The number of anilines is 2. The maximum Gasteiger partial charge on any atom is 0.0774 e. The highest BCUT2D eigenvalue weighted by molar-refractivity contribution is 9.10. The molecule has 1 aromatic heterocycles. The number of halogens is 1. The molecule has 1 atom stereocenters. The van der Waals surface area contributed by atoms with Crippen molar-refractivity contribution in [2.75, 3.05) is 30.8 Å². The Labute approximate surface area is 110 Å². The monoisotopic (exact) mass is 299 g/mol. The Morgan fingerprint density at radius 3 is 3.00 bits per heavy atom. The van der Waals surface area contributed by atoms with Crippen LogP contribution in [0, 0.1) is 0 Å². The van der Waals surface area contributed by atoms with Gasteiger partial charge in [-0.15, -0.1) is 0 Å². The molecular formula is C12H18BrN3O. The van der Waals surface area contributed by atoms with E-state index in [1.165, 1.54) is 12.8 Å². The maximum atomic E-state index is 5.95. The third kappa shape index (κ3) is 3.10. The predicted octanol–water partition coefficient (Wildman–Crippen LogP) is 2.43. The minimum atomic E-state index is 0.313. The maximum absolute atomic E-state index is 5.95. The number of nitrogens with zero attached hydrogens (tertiary/aromatic N) is 2. The van der Waals surface area contributed by atoms with Gasteiger partial charge in [-0.25, -0.2) is 0 Å². The highest BCUT2D eigenvalue weighted by Crippen LogP contribution is 2.31. The highest BCUT2D eigenvalue weighted by atomic mass is 79.9. The second-order valence-electron chi connectivity index (χ2n) is 4.43. The van der Waals surface area contributed by atoms with E-state index < -0.39 is 0 Å². The first kappa shape index (κ1) is 12.6. The number of likely N-dealkylation sites (N-methyl/N-ethyl adjacent to an activating group) is 1. The van der Waals surface area contributed by atoms with Crippen LogP contribution in [-0.2, 0) is 4.74 Å². The Hall–Kier alpha value is -0.810. The van der Waals surface area contributed by atoms with Crippen LogP contribution in [0.25, 0.3) is 0 Å². The second-order valence-corrected chi connectivity index (χ2v) is 5.28. The van der Waals surface area contributed by atoms with Gasteiger partial charge in [-0.1, -0.05) is 0 Å². The van der Waals surface area contributed by atoms with E-state index in [9.17, 15) is 0 Å². The molecule has 0 spiro atoms. The number of hydrogen-bond acceptors (Lipinski definition) is 4. The molecular weight excluding hydrogens is 282 g/mol. The van der Waals surface area contributed by atoms with Crippen LogP contribution in [0.5, 0.6) is 0 Å². The molecule has 17 heavy (non-hydrogen) atoms. The summed E-state index contributed by atoms with van der Waals surface area (Å²) in [5.74, 6) is 0. The van der Waals surface area contributed by atoms with Gasteiger partial charge in [0.2, 0.25) is 0 Å². The van der Waals surface area contributed by atoms with Crippen molar-refractivity contribution < 1.29 is 4.74 Å². The first-order chi connectivity index (χ1) is 8.18. The minimum absolute atomic E-state index is 0.313. The van der Waals surface area contributed by atoms with E-state index in [0.717, 1.165) is 29.7 Å². The quantitative estimate of drug-likeness (QED) is 0.931. The first-order valence-electron chi connectivity index (χ1n) is 5.90. The fourth-order valence-electron chi connectivity index (χ4n) is 2.19. The van der Waals surface area contributed by atoms with E-state index >= 15 is 0 Å². The van der Waals surface area contributed by atoms with E-state index in [2.05, 4.69) is 25.8 Å². The molecule has 1 fully saturated rings. The molecule has 1 aromatic rings. The third-order valence-corrected chi connectivity index (χ3v) is 3.61. The number of nitrogens with two attached hydrogens (primary N) is 1. The summed E-state index contributed by atoms with van der Waals surface area (Å²) in [6, 6.07) is 0. The van der Waals surface area contributed by atoms with E-state index in [4.69, 9.17) is 10.5 Å². The lowest BCUT2D eigenvalue weighted by molar-refractivity contribution is 0.0216. The molecule has 2 N–H and O–H groups in total. The van der Waals surface area contributed by atoms with Crippen molar-refractivity contribution in [3.63, 3.8) is 0 Å². The van der Waals surface area contributed by atoms with Crippen LogP contribution < -0.4 is 10.6 Å². The molecule has 0 saturated carbocycles. The lowest BCUT2D eigenvalue weighted by Gasteiger charge is -2.29. The van der Waals surface area contributed by atoms with E-state index in [-0.39, 0.29) is 0 Å². The molecule has 1 aliphatic heterocycles. The predicted molar refractivity (Wildman–Crippen MR) is 73.2 cm³/mol. The smallest absolute Gasteiger partial charge is 0.0774 e. The average molecular weight is 300 g/mol. The summed E-state index contributed by atoms with van der Waals surface area (Å²) in [6.07, 6.45) is 7.33. The summed E-state index contributed by atoms with van der Waals surface area (Å²) in [4.78, 5) is 6.18. The second kappa shape index (κ2) is 5.69. The topological polar surface area (TPSA) is 51.4 Å². The fourth-order valence-corrected chi connectivity index (χ4v) is 2.84.